The van der Waals surface area contributed by atoms with Crippen molar-refractivity contribution in [1.82, 2.24) is 5.32 Å². The largest absolute Gasteiger partial charge is 0.322 e. The zero-order chi connectivity index (χ0) is 13.0. The number of benzene rings is 1. The van der Waals surface area contributed by atoms with Crippen LogP contribution in [0.25, 0.3) is 0 Å². The Balaban J connectivity index is 1.82. The van der Waals surface area contributed by atoms with Crippen molar-refractivity contribution in [1.29, 1.82) is 0 Å². The summed E-state index contributed by atoms with van der Waals surface area (Å²) in [6, 6.07) is 3.47. The molecule has 0 unspecified atom stereocenters. The second-order valence-corrected chi connectivity index (χ2v) is 4.53. The summed E-state index contributed by atoms with van der Waals surface area (Å²) in [5.74, 6) is -1.73. The van der Waals surface area contributed by atoms with Crippen molar-refractivity contribution in [2.75, 3.05) is 11.9 Å². The summed E-state index contributed by atoms with van der Waals surface area (Å²) in [6.45, 7) is 0.154. The molecule has 0 aromatic heterocycles. The van der Waals surface area contributed by atoms with Crippen LogP contribution in [0.2, 0.25) is 0 Å². The molecule has 1 fully saturated rings. The predicted molar refractivity (Wildman–Crippen MR) is 65.2 cm³/mol. The second-order valence-electron chi connectivity index (χ2n) is 4.53. The topological polar surface area (TPSA) is 41.1 Å². The standard InChI is InChI=1S/C13H16F2N2O/c14-9-5-6-12(11(15)7-9)17-13(18)8-16-10-3-1-2-4-10/h5-7,10,16H,1-4,8H2,(H,17,18). The van der Waals surface area contributed by atoms with Gasteiger partial charge in [0.2, 0.25) is 5.91 Å². The fraction of sp³-hybridized carbons (Fsp3) is 0.462. The van der Waals surface area contributed by atoms with E-state index in [1.807, 2.05) is 0 Å². The molecule has 3 nitrogen and oxygen atoms in total. The minimum Gasteiger partial charge on any atom is -0.322 e. The van der Waals surface area contributed by atoms with E-state index in [0.717, 1.165) is 25.0 Å². The summed E-state index contributed by atoms with van der Waals surface area (Å²) in [6.07, 6.45) is 4.54. The van der Waals surface area contributed by atoms with Crippen LogP contribution in [0.5, 0.6) is 0 Å². The lowest BCUT2D eigenvalue weighted by Crippen LogP contribution is -2.34. The van der Waals surface area contributed by atoms with E-state index in [4.69, 9.17) is 0 Å². The zero-order valence-corrected chi connectivity index (χ0v) is 10.0. The van der Waals surface area contributed by atoms with Crippen LogP contribution < -0.4 is 10.6 Å². The maximum absolute atomic E-state index is 13.3. The molecule has 18 heavy (non-hydrogen) atoms. The highest BCUT2D eigenvalue weighted by atomic mass is 19.1. The van der Waals surface area contributed by atoms with Gasteiger partial charge in [-0.15, -0.1) is 0 Å². The monoisotopic (exact) mass is 254 g/mol. The molecule has 0 saturated heterocycles. The van der Waals surface area contributed by atoms with E-state index in [2.05, 4.69) is 10.6 Å². The van der Waals surface area contributed by atoms with E-state index in [-0.39, 0.29) is 18.1 Å². The second kappa shape index (κ2) is 5.91. The van der Waals surface area contributed by atoms with Crippen molar-refractivity contribution in [2.24, 2.45) is 0 Å². The molecule has 0 aliphatic heterocycles. The van der Waals surface area contributed by atoms with Crippen molar-refractivity contribution in [2.45, 2.75) is 31.7 Å². The summed E-state index contributed by atoms with van der Waals surface area (Å²) in [7, 11) is 0. The molecule has 2 N–H and O–H groups in total. The van der Waals surface area contributed by atoms with Crippen molar-refractivity contribution in [3.8, 4) is 0 Å². The van der Waals surface area contributed by atoms with E-state index < -0.39 is 11.6 Å². The molecule has 2 rings (SSSR count). The Morgan fingerprint density at radius 2 is 2.00 bits per heavy atom. The summed E-state index contributed by atoms with van der Waals surface area (Å²) < 4.78 is 25.9. The Morgan fingerprint density at radius 3 is 2.67 bits per heavy atom. The highest BCUT2D eigenvalue weighted by Crippen LogP contribution is 2.17. The first-order valence-corrected chi connectivity index (χ1v) is 6.13. The Bertz CT molecular complexity index is 431. The average molecular weight is 254 g/mol. The first-order valence-electron chi connectivity index (χ1n) is 6.13. The van der Waals surface area contributed by atoms with Crippen molar-refractivity contribution < 1.29 is 13.6 Å². The molecule has 98 valence electrons. The molecule has 1 saturated carbocycles. The minimum absolute atomic E-state index is 0.00891. The van der Waals surface area contributed by atoms with Gasteiger partial charge in [0.05, 0.1) is 12.2 Å². The van der Waals surface area contributed by atoms with E-state index >= 15 is 0 Å². The molecule has 0 heterocycles. The molecule has 1 aromatic carbocycles. The van der Waals surface area contributed by atoms with Gasteiger partial charge in [0.15, 0.2) is 0 Å². The maximum Gasteiger partial charge on any atom is 0.238 e. The minimum atomic E-state index is -0.760. The molecule has 0 bridgehead atoms. The molecular formula is C13H16F2N2O. The summed E-state index contributed by atoms with van der Waals surface area (Å²) in [5.41, 5.74) is 0.00891. The first kappa shape index (κ1) is 13.0. The van der Waals surface area contributed by atoms with Crippen molar-refractivity contribution in [3.05, 3.63) is 29.8 Å². The first-order chi connectivity index (χ1) is 8.65. The number of rotatable bonds is 4. The number of hydrogen-bond donors (Lipinski definition) is 2. The van der Waals surface area contributed by atoms with E-state index in [9.17, 15) is 13.6 Å². The van der Waals surface area contributed by atoms with Crippen LogP contribution in [-0.2, 0) is 4.79 Å². The third-order valence-corrected chi connectivity index (χ3v) is 3.11. The smallest absolute Gasteiger partial charge is 0.238 e. The third kappa shape index (κ3) is 3.50. The molecule has 0 spiro atoms. The van der Waals surface area contributed by atoms with Gasteiger partial charge in [-0.25, -0.2) is 8.78 Å². The molecular weight excluding hydrogens is 238 g/mol. The van der Waals surface area contributed by atoms with Gasteiger partial charge in [0.1, 0.15) is 11.6 Å². The van der Waals surface area contributed by atoms with Gasteiger partial charge in [-0.2, -0.15) is 0 Å². The Labute approximate surface area is 105 Å². The molecule has 1 aromatic rings. The molecule has 0 radical (unpaired) electrons. The number of anilines is 1. The Hall–Kier alpha value is -1.49. The normalized spacial score (nSPS) is 15.9. The van der Waals surface area contributed by atoms with Crippen LogP contribution >= 0.6 is 0 Å². The van der Waals surface area contributed by atoms with E-state index in [0.29, 0.717) is 6.04 Å². The summed E-state index contributed by atoms with van der Waals surface area (Å²) >= 11 is 0. The number of carbonyl (C=O) groups is 1. The van der Waals surface area contributed by atoms with Crippen LogP contribution in [0.15, 0.2) is 18.2 Å². The Kier molecular flexibility index (Phi) is 4.25. The average Bonchev–Trinajstić information content (AvgIpc) is 2.83. The molecule has 1 aliphatic carbocycles. The molecule has 1 aliphatic rings. The fourth-order valence-electron chi connectivity index (χ4n) is 2.15. The van der Waals surface area contributed by atoms with Crippen LogP contribution in [-0.4, -0.2) is 18.5 Å². The van der Waals surface area contributed by atoms with Crippen LogP contribution in [0.1, 0.15) is 25.7 Å². The van der Waals surface area contributed by atoms with Gasteiger partial charge in [0.25, 0.3) is 0 Å². The number of carbonyl (C=O) groups excluding carboxylic acids is 1. The van der Waals surface area contributed by atoms with Gasteiger partial charge >= 0.3 is 0 Å². The van der Waals surface area contributed by atoms with Gasteiger partial charge in [-0.05, 0) is 25.0 Å². The number of amides is 1. The van der Waals surface area contributed by atoms with E-state index in [1.165, 1.54) is 18.9 Å². The van der Waals surface area contributed by atoms with Gasteiger partial charge in [0, 0.05) is 12.1 Å². The van der Waals surface area contributed by atoms with E-state index in [1.54, 1.807) is 0 Å². The summed E-state index contributed by atoms with van der Waals surface area (Å²) in [4.78, 5) is 11.6. The third-order valence-electron chi connectivity index (χ3n) is 3.11. The van der Waals surface area contributed by atoms with Crippen molar-refractivity contribution in [3.63, 3.8) is 0 Å². The lowest BCUT2D eigenvalue weighted by molar-refractivity contribution is -0.115. The number of nitrogens with one attached hydrogen (secondary N) is 2. The number of halogens is 2. The number of hydrogen-bond acceptors (Lipinski definition) is 2. The predicted octanol–water partition coefficient (Wildman–Crippen LogP) is 2.44. The fourth-order valence-corrected chi connectivity index (χ4v) is 2.15. The lowest BCUT2D eigenvalue weighted by atomic mass is 10.2. The van der Waals surface area contributed by atoms with Gasteiger partial charge < -0.3 is 10.6 Å². The van der Waals surface area contributed by atoms with Gasteiger partial charge in [-0.1, -0.05) is 12.8 Å². The molecule has 0 atom stereocenters. The highest BCUT2D eigenvalue weighted by Gasteiger charge is 2.15. The zero-order valence-electron chi connectivity index (χ0n) is 10.0. The quantitative estimate of drug-likeness (QED) is 0.866. The lowest BCUT2D eigenvalue weighted by Gasteiger charge is -2.12. The van der Waals surface area contributed by atoms with Crippen LogP contribution in [0.4, 0.5) is 14.5 Å². The van der Waals surface area contributed by atoms with Gasteiger partial charge in [-0.3, -0.25) is 4.79 Å². The SMILES string of the molecule is O=C(CNC1CCCC1)Nc1ccc(F)cc1F. The molecule has 5 heteroatoms. The molecule has 1 amide bonds. The van der Waals surface area contributed by atoms with Crippen molar-refractivity contribution >= 4 is 11.6 Å². The Morgan fingerprint density at radius 1 is 1.28 bits per heavy atom. The maximum atomic E-state index is 13.3. The van der Waals surface area contributed by atoms with Crippen LogP contribution in [0, 0.1) is 11.6 Å². The van der Waals surface area contributed by atoms with Crippen LogP contribution in [0.3, 0.4) is 0 Å². The highest BCUT2D eigenvalue weighted by molar-refractivity contribution is 5.92. The summed E-state index contributed by atoms with van der Waals surface area (Å²) in [5, 5.41) is 5.54.